The Bertz CT molecular complexity index is 1350. The Hall–Kier alpha value is -3.91. The second-order valence-corrected chi connectivity index (χ2v) is 7.45. The molecule has 0 saturated carbocycles. The summed E-state index contributed by atoms with van der Waals surface area (Å²) in [5, 5.41) is 9.51. The molecule has 158 valence electrons. The molecule has 3 aromatic carbocycles. The molecule has 1 aliphatic rings. The molecule has 2 heterocycles. The van der Waals surface area contributed by atoms with Crippen molar-refractivity contribution in [3.05, 3.63) is 91.4 Å². The molecule has 8 heteroatoms. The van der Waals surface area contributed by atoms with E-state index >= 15 is 0 Å². The van der Waals surface area contributed by atoms with Crippen LogP contribution in [0, 0.1) is 0 Å². The molecule has 0 spiro atoms. The Balaban J connectivity index is 0.000000166. The van der Waals surface area contributed by atoms with Crippen LogP contribution in [0.15, 0.2) is 58.3 Å². The van der Waals surface area contributed by atoms with Gasteiger partial charge in [0.2, 0.25) is 0 Å². The topological polar surface area (TPSA) is 143 Å². The van der Waals surface area contributed by atoms with Crippen LogP contribution in [0.4, 0.5) is 11.4 Å². The minimum atomic E-state index is -0.896. The second kappa shape index (κ2) is 8.08. The van der Waals surface area contributed by atoms with Crippen molar-refractivity contribution >= 4 is 28.2 Å². The highest BCUT2D eigenvalue weighted by Crippen LogP contribution is 2.26. The standard InChI is InChI=1S/C14H15N3O2.C9H7NO2/c15-6-8-1-2-9-3-4-17(7-10(9)5-8)12-11(16)13(18)14(12)19;11-9(12)7-5-10-8-4-2-1-3-6(7)8/h1-2,5H,3-4,6-7,15-16H2;1-5,10H,(H,11,12). The van der Waals surface area contributed by atoms with Crippen LogP contribution in [0.1, 0.15) is 27.0 Å². The van der Waals surface area contributed by atoms with Crippen LogP contribution < -0.4 is 27.2 Å². The van der Waals surface area contributed by atoms with Gasteiger partial charge in [-0.2, -0.15) is 0 Å². The SMILES string of the molecule is NCc1ccc2c(c1)CN(c1c(N)c(=O)c1=O)CC2.O=C(O)c1c[nH]c2ccccc12. The van der Waals surface area contributed by atoms with Crippen LogP contribution in [-0.2, 0) is 19.5 Å². The van der Waals surface area contributed by atoms with Crippen molar-refractivity contribution in [3.63, 3.8) is 0 Å². The molecule has 0 atom stereocenters. The van der Waals surface area contributed by atoms with Crippen molar-refractivity contribution in [2.45, 2.75) is 19.5 Å². The fourth-order valence-electron chi connectivity index (χ4n) is 3.89. The van der Waals surface area contributed by atoms with Crippen LogP contribution in [-0.4, -0.2) is 22.6 Å². The lowest BCUT2D eigenvalue weighted by molar-refractivity contribution is 0.0699. The molecule has 0 amide bonds. The third kappa shape index (κ3) is 3.69. The zero-order valence-electron chi connectivity index (χ0n) is 16.7. The Morgan fingerprint density at radius 1 is 1.10 bits per heavy atom. The maximum absolute atomic E-state index is 11.6. The summed E-state index contributed by atoms with van der Waals surface area (Å²) in [7, 11) is 0. The summed E-state index contributed by atoms with van der Waals surface area (Å²) in [6.45, 7) is 1.82. The van der Waals surface area contributed by atoms with Crippen molar-refractivity contribution in [1.82, 2.24) is 4.98 Å². The number of carboxylic acids is 1. The molecule has 0 radical (unpaired) electrons. The number of rotatable bonds is 3. The molecule has 0 saturated heterocycles. The van der Waals surface area contributed by atoms with Crippen LogP contribution >= 0.6 is 0 Å². The van der Waals surface area contributed by atoms with Gasteiger partial charge in [-0.1, -0.05) is 36.4 Å². The van der Waals surface area contributed by atoms with Crippen LogP contribution in [0.3, 0.4) is 0 Å². The summed E-state index contributed by atoms with van der Waals surface area (Å²) in [6, 6.07) is 13.5. The molecule has 5 rings (SSSR count). The van der Waals surface area contributed by atoms with Gasteiger partial charge in [-0.05, 0) is 29.2 Å². The van der Waals surface area contributed by atoms with Gasteiger partial charge in [-0.3, -0.25) is 9.59 Å². The van der Waals surface area contributed by atoms with E-state index in [1.54, 1.807) is 6.07 Å². The van der Waals surface area contributed by atoms with Crippen molar-refractivity contribution in [2.75, 3.05) is 17.2 Å². The Morgan fingerprint density at radius 3 is 2.58 bits per heavy atom. The van der Waals surface area contributed by atoms with E-state index in [1.807, 2.05) is 29.2 Å². The normalized spacial score (nSPS) is 13.0. The van der Waals surface area contributed by atoms with E-state index in [2.05, 4.69) is 17.1 Å². The predicted octanol–water partition coefficient (Wildman–Crippen LogP) is 1.75. The molecule has 4 aromatic rings. The number of aromatic nitrogens is 1. The van der Waals surface area contributed by atoms with Gasteiger partial charge in [0.05, 0.1) is 5.56 Å². The number of aromatic carboxylic acids is 1. The van der Waals surface area contributed by atoms with Crippen LogP contribution in [0.25, 0.3) is 10.9 Å². The quantitative estimate of drug-likeness (QED) is 0.371. The number of aromatic amines is 1. The summed E-state index contributed by atoms with van der Waals surface area (Å²) in [4.78, 5) is 38.2. The number of carboxylic acid groups (broad SMARTS) is 1. The van der Waals surface area contributed by atoms with E-state index in [4.69, 9.17) is 16.6 Å². The third-order valence-corrected chi connectivity index (χ3v) is 5.58. The zero-order chi connectivity index (χ0) is 22.1. The van der Waals surface area contributed by atoms with Gasteiger partial charge in [0.1, 0.15) is 11.4 Å². The van der Waals surface area contributed by atoms with Crippen molar-refractivity contribution in [3.8, 4) is 0 Å². The summed E-state index contributed by atoms with van der Waals surface area (Å²) in [5.74, 6) is -0.896. The predicted molar refractivity (Wildman–Crippen MR) is 120 cm³/mol. The lowest BCUT2D eigenvalue weighted by Gasteiger charge is -2.31. The van der Waals surface area contributed by atoms with E-state index < -0.39 is 16.8 Å². The van der Waals surface area contributed by atoms with Gasteiger partial charge in [0.25, 0.3) is 10.9 Å². The fourth-order valence-corrected chi connectivity index (χ4v) is 3.89. The number of carbonyl (C=O) groups is 1. The minimum Gasteiger partial charge on any atom is -0.478 e. The lowest BCUT2D eigenvalue weighted by atomic mass is 9.96. The molecular formula is C23H22N4O4. The molecule has 0 bridgehead atoms. The maximum Gasteiger partial charge on any atom is 0.337 e. The maximum atomic E-state index is 11.6. The van der Waals surface area contributed by atoms with Gasteiger partial charge >= 0.3 is 5.97 Å². The molecule has 1 aromatic heterocycles. The highest BCUT2D eigenvalue weighted by molar-refractivity contribution is 6.03. The summed E-state index contributed by atoms with van der Waals surface area (Å²) < 4.78 is 0. The number of nitrogens with two attached hydrogens (primary N) is 2. The zero-order valence-corrected chi connectivity index (χ0v) is 16.7. The number of benzene rings is 2. The van der Waals surface area contributed by atoms with E-state index in [0.29, 0.717) is 30.9 Å². The highest BCUT2D eigenvalue weighted by atomic mass is 16.4. The lowest BCUT2D eigenvalue weighted by Crippen LogP contribution is -2.44. The highest BCUT2D eigenvalue weighted by Gasteiger charge is 2.26. The molecular weight excluding hydrogens is 396 g/mol. The van der Waals surface area contributed by atoms with Crippen molar-refractivity contribution in [1.29, 1.82) is 0 Å². The van der Waals surface area contributed by atoms with Crippen molar-refractivity contribution < 1.29 is 9.90 Å². The van der Waals surface area contributed by atoms with Gasteiger partial charge < -0.3 is 26.5 Å². The summed E-state index contributed by atoms with van der Waals surface area (Å²) in [6.07, 6.45) is 2.35. The first-order chi connectivity index (χ1) is 14.9. The first kappa shape index (κ1) is 20.4. The smallest absolute Gasteiger partial charge is 0.337 e. The number of nitrogens with one attached hydrogen (secondary N) is 1. The van der Waals surface area contributed by atoms with E-state index in [1.165, 1.54) is 11.8 Å². The fraction of sp³-hybridized carbons (Fsp3) is 0.174. The molecule has 0 aliphatic carbocycles. The minimum absolute atomic E-state index is 0.100. The summed E-state index contributed by atoms with van der Waals surface area (Å²) in [5.41, 5.74) is 15.4. The molecule has 8 nitrogen and oxygen atoms in total. The van der Waals surface area contributed by atoms with E-state index in [0.717, 1.165) is 28.5 Å². The Kier molecular flexibility index (Phi) is 5.31. The average Bonchev–Trinajstić information content (AvgIpc) is 3.23. The van der Waals surface area contributed by atoms with Gasteiger partial charge in [-0.15, -0.1) is 0 Å². The Labute approximate surface area is 177 Å². The van der Waals surface area contributed by atoms with E-state index in [9.17, 15) is 14.4 Å². The second-order valence-electron chi connectivity index (χ2n) is 7.45. The number of anilines is 2. The van der Waals surface area contributed by atoms with Crippen LogP contribution in [0.5, 0.6) is 0 Å². The van der Waals surface area contributed by atoms with Crippen LogP contribution in [0.2, 0.25) is 0 Å². The Morgan fingerprint density at radius 2 is 1.87 bits per heavy atom. The molecule has 0 unspecified atom stereocenters. The van der Waals surface area contributed by atoms with Crippen molar-refractivity contribution in [2.24, 2.45) is 5.73 Å². The van der Waals surface area contributed by atoms with Gasteiger partial charge in [0.15, 0.2) is 0 Å². The number of para-hydroxylation sites is 1. The first-order valence-electron chi connectivity index (χ1n) is 9.84. The molecule has 31 heavy (non-hydrogen) atoms. The van der Waals surface area contributed by atoms with Gasteiger partial charge in [-0.25, -0.2) is 4.79 Å². The third-order valence-electron chi connectivity index (χ3n) is 5.58. The number of H-pyrrole nitrogens is 1. The molecule has 0 fully saturated rings. The largest absolute Gasteiger partial charge is 0.478 e. The first-order valence-corrected chi connectivity index (χ1v) is 9.84. The molecule has 1 aliphatic heterocycles. The number of hydrogen-bond donors (Lipinski definition) is 4. The average molecular weight is 418 g/mol. The van der Waals surface area contributed by atoms with E-state index in [-0.39, 0.29) is 5.69 Å². The molecule has 6 N–H and O–H groups in total. The number of fused-ring (bicyclic) bond motifs is 2. The van der Waals surface area contributed by atoms with Gasteiger partial charge in [0, 0.05) is 36.7 Å². The number of hydrogen-bond acceptors (Lipinski definition) is 6. The number of nitrogen functional groups attached to an aromatic ring is 1. The summed E-state index contributed by atoms with van der Waals surface area (Å²) >= 11 is 0. The monoisotopic (exact) mass is 418 g/mol. The number of nitrogens with zero attached hydrogens (tertiary/aromatic N) is 1.